The van der Waals surface area contributed by atoms with Gasteiger partial charge in [0, 0.05) is 12.7 Å². The second-order valence-electron chi connectivity index (χ2n) is 5.03. The maximum Gasteiger partial charge on any atom is 0.309 e. The van der Waals surface area contributed by atoms with Crippen molar-refractivity contribution in [3.8, 4) is 0 Å². The van der Waals surface area contributed by atoms with E-state index in [-0.39, 0.29) is 0 Å². The molecule has 1 saturated carbocycles. The molecule has 1 N–H and O–H groups in total. The molecule has 0 saturated heterocycles. The lowest BCUT2D eigenvalue weighted by atomic mass is 9.71. The summed E-state index contributed by atoms with van der Waals surface area (Å²) in [6, 6.07) is 0. The highest BCUT2D eigenvalue weighted by atomic mass is 16.4. The van der Waals surface area contributed by atoms with Crippen molar-refractivity contribution in [2.45, 2.75) is 52.0 Å². The molecule has 1 aromatic rings. The van der Waals surface area contributed by atoms with Crippen LogP contribution in [0, 0.1) is 5.41 Å². The lowest BCUT2D eigenvalue weighted by Gasteiger charge is -2.32. The maximum atomic E-state index is 11.5. The van der Waals surface area contributed by atoms with Gasteiger partial charge in [0.25, 0.3) is 0 Å². The first-order valence-electron chi connectivity index (χ1n) is 6.41. The summed E-state index contributed by atoms with van der Waals surface area (Å²) < 4.78 is 1.85. The molecule has 0 amide bonds. The van der Waals surface area contributed by atoms with Crippen molar-refractivity contribution in [1.82, 2.24) is 9.78 Å². The van der Waals surface area contributed by atoms with Crippen molar-refractivity contribution < 1.29 is 9.90 Å². The summed E-state index contributed by atoms with van der Waals surface area (Å²) in [5.74, 6) is -0.638. The van der Waals surface area contributed by atoms with Crippen LogP contribution in [0.3, 0.4) is 0 Å². The normalized spacial score (nSPS) is 19.1. The minimum atomic E-state index is -0.638. The summed E-state index contributed by atoms with van der Waals surface area (Å²) in [6.45, 7) is 2.87. The van der Waals surface area contributed by atoms with E-state index in [0.717, 1.165) is 37.8 Å². The van der Waals surface area contributed by atoms with E-state index in [1.54, 1.807) is 0 Å². The quantitative estimate of drug-likeness (QED) is 0.873. The molecule has 0 atom stereocenters. The Morgan fingerprint density at radius 2 is 2.18 bits per heavy atom. The fourth-order valence-corrected chi connectivity index (χ4v) is 2.76. The van der Waals surface area contributed by atoms with Gasteiger partial charge in [0.2, 0.25) is 0 Å². The Bertz CT molecular complexity index is 392. The molecule has 4 heteroatoms. The molecule has 0 unspecified atom stereocenters. The monoisotopic (exact) mass is 236 g/mol. The van der Waals surface area contributed by atoms with Gasteiger partial charge in [0.1, 0.15) is 0 Å². The maximum absolute atomic E-state index is 11.5. The molecule has 1 heterocycles. The molecular weight excluding hydrogens is 216 g/mol. The van der Waals surface area contributed by atoms with Crippen LogP contribution in [0.1, 0.15) is 44.6 Å². The minimum Gasteiger partial charge on any atom is -0.481 e. The van der Waals surface area contributed by atoms with E-state index >= 15 is 0 Å². The summed E-state index contributed by atoms with van der Waals surface area (Å²) in [4.78, 5) is 11.5. The van der Waals surface area contributed by atoms with E-state index in [2.05, 4.69) is 5.10 Å². The van der Waals surface area contributed by atoms with Gasteiger partial charge in [-0.05, 0) is 31.7 Å². The Morgan fingerprint density at radius 3 is 2.71 bits per heavy atom. The second-order valence-corrected chi connectivity index (χ2v) is 5.03. The van der Waals surface area contributed by atoms with Crippen LogP contribution < -0.4 is 0 Å². The van der Waals surface area contributed by atoms with Gasteiger partial charge in [-0.2, -0.15) is 5.10 Å². The highest BCUT2D eigenvalue weighted by Gasteiger charge is 2.39. The third-order valence-electron chi connectivity index (χ3n) is 3.82. The van der Waals surface area contributed by atoms with Gasteiger partial charge in [-0.3, -0.25) is 9.48 Å². The summed E-state index contributed by atoms with van der Waals surface area (Å²) in [5.41, 5.74) is 0.510. The summed E-state index contributed by atoms with van der Waals surface area (Å²) in [5, 5.41) is 13.7. The van der Waals surface area contributed by atoms with E-state index < -0.39 is 11.4 Å². The Kier molecular flexibility index (Phi) is 3.50. The van der Waals surface area contributed by atoms with E-state index in [4.69, 9.17) is 0 Å². The van der Waals surface area contributed by atoms with Crippen molar-refractivity contribution in [3.05, 3.63) is 18.0 Å². The number of hydrogen-bond acceptors (Lipinski definition) is 2. The lowest BCUT2D eigenvalue weighted by molar-refractivity contribution is -0.151. The zero-order valence-electron chi connectivity index (χ0n) is 10.4. The molecule has 4 nitrogen and oxygen atoms in total. The molecule has 0 bridgehead atoms. The van der Waals surface area contributed by atoms with Crippen molar-refractivity contribution in [3.63, 3.8) is 0 Å². The van der Waals surface area contributed by atoms with Gasteiger partial charge < -0.3 is 5.11 Å². The number of carboxylic acid groups (broad SMARTS) is 1. The van der Waals surface area contributed by atoms with Crippen molar-refractivity contribution in [2.24, 2.45) is 5.41 Å². The van der Waals surface area contributed by atoms with Crippen molar-refractivity contribution >= 4 is 5.97 Å². The smallest absolute Gasteiger partial charge is 0.309 e. The van der Waals surface area contributed by atoms with E-state index in [1.165, 1.54) is 6.42 Å². The fraction of sp³-hybridized carbons (Fsp3) is 0.692. The lowest BCUT2D eigenvalue weighted by Crippen LogP contribution is -2.35. The first kappa shape index (κ1) is 12.1. The molecular formula is C13H20N2O2. The Balaban J connectivity index is 2.14. The van der Waals surface area contributed by atoms with Crippen LogP contribution in [0.2, 0.25) is 0 Å². The van der Waals surface area contributed by atoms with Crippen LogP contribution in [0.15, 0.2) is 12.4 Å². The van der Waals surface area contributed by atoms with E-state index in [9.17, 15) is 9.90 Å². The molecule has 1 aliphatic carbocycles. The number of rotatable bonds is 4. The first-order valence-corrected chi connectivity index (χ1v) is 6.41. The highest BCUT2D eigenvalue weighted by molar-refractivity contribution is 5.75. The molecule has 1 aromatic heterocycles. The average Bonchev–Trinajstić information content (AvgIpc) is 2.77. The van der Waals surface area contributed by atoms with Crippen molar-refractivity contribution in [1.29, 1.82) is 0 Å². The average molecular weight is 236 g/mol. The molecule has 0 spiro atoms. The van der Waals surface area contributed by atoms with E-state index in [1.807, 2.05) is 24.0 Å². The largest absolute Gasteiger partial charge is 0.481 e. The molecule has 17 heavy (non-hydrogen) atoms. The van der Waals surface area contributed by atoms with E-state index in [0.29, 0.717) is 6.42 Å². The SMILES string of the molecule is CCn1cc(CC2(C(=O)O)CCCCC2)cn1. The number of nitrogens with zero attached hydrogens (tertiary/aromatic N) is 2. The van der Waals surface area contributed by atoms with Gasteiger partial charge in [-0.1, -0.05) is 19.3 Å². The van der Waals surface area contributed by atoms with Gasteiger partial charge >= 0.3 is 5.97 Å². The standard InChI is InChI=1S/C13H20N2O2/c1-2-15-10-11(9-14-15)8-13(12(16)17)6-4-3-5-7-13/h9-10H,2-8H2,1H3,(H,16,17). The topological polar surface area (TPSA) is 55.1 Å². The third kappa shape index (κ3) is 2.51. The highest BCUT2D eigenvalue weighted by Crippen LogP contribution is 2.39. The zero-order valence-corrected chi connectivity index (χ0v) is 10.4. The molecule has 1 aliphatic rings. The Hall–Kier alpha value is -1.32. The number of carbonyl (C=O) groups is 1. The first-order chi connectivity index (χ1) is 8.16. The molecule has 0 aromatic carbocycles. The van der Waals surface area contributed by atoms with Gasteiger partial charge in [0.05, 0.1) is 11.6 Å². The van der Waals surface area contributed by atoms with Crippen LogP contribution in [0.25, 0.3) is 0 Å². The Labute approximate surface area is 102 Å². The van der Waals surface area contributed by atoms with Crippen molar-refractivity contribution in [2.75, 3.05) is 0 Å². The van der Waals surface area contributed by atoms with Gasteiger partial charge in [-0.25, -0.2) is 0 Å². The van der Waals surface area contributed by atoms with Crippen LogP contribution in [-0.2, 0) is 17.8 Å². The summed E-state index contributed by atoms with van der Waals surface area (Å²) in [7, 11) is 0. The molecule has 0 radical (unpaired) electrons. The zero-order chi connectivity index (χ0) is 12.3. The number of hydrogen-bond donors (Lipinski definition) is 1. The van der Waals surface area contributed by atoms with Gasteiger partial charge in [-0.15, -0.1) is 0 Å². The van der Waals surface area contributed by atoms with Crippen LogP contribution in [-0.4, -0.2) is 20.9 Å². The summed E-state index contributed by atoms with van der Waals surface area (Å²) >= 11 is 0. The molecule has 1 fully saturated rings. The predicted molar refractivity (Wildman–Crippen MR) is 64.8 cm³/mol. The molecule has 2 rings (SSSR count). The van der Waals surface area contributed by atoms with Crippen LogP contribution in [0.4, 0.5) is 0 Å². The van der Waals surface area contributed by atoms with Gasteiger partial charge in [0.15, 0.2) is 0 Å². The third-order valence-corrected chi connectivity index (χ3v) is 3.82. The second kappa shape index (κ2) is 4.90. The fourth-order valence-electron chi connectivity index (χ4n) is 2.76. The predicted octanol–water partition coefficient (Wildman–Crippen LogP) is 2.48. The molecule has 94 valence electrons. The summed E-state index contributed by atoms with van der Waals surface area (Å²) in [6.07, 6.45) is 9.26. The number of carboxylic acids is 1. The minimum absolute atomic E-state index is 0.542. The van der Waals surface area contributed by atoms with Crippen LogP contribution in [0.5, 0.6) is 0 Å². The molecule has 0 aliphatic heterocycles. The number of aryl methyl sites for hydroxylation is 1. The van der Waals surface area contributed by atoms with Crippen LogP contribution >= 0.6 is 0 Å². The Morgan fingerprint density at radius 1 is 1.47 bits per heavy atom. The number of aliphatic carboxylic acids is 1. The number of aromatic nitrogens is 2.